The first kappa shape index (κ1) is 28.4. The van der Waals surface area contributed by atoms with Gasteiger partial charge in [0.1, 0.15) is 0 Å². The van der Waals surface area contributed by atoms with E-state index in [1.54, 1.807) is 5.56 Å². The first-order chi connectivity index (χ1) is 15.9. The maximum absolute atomic E-state index is 2.72. The van der Waals surface area contributed by atoms with Crippen LogP contribution in [-0.2, 0) is 32.2 Å². The summed E-state index contributed by atoms with van der Waals surface area (Å²) in [6.07, 6.45) is 16.1. The van der Waals surface area contributed by atoms with Gasteiger partial charge in [0.25, 0.3) is 0 Å². The van der Waals surface area contributed by atoms with Crippen molar-refractivity contribution in [2.45, 2.75) is 48.2 Å². The van der Waals surface area contributed by atoms with Gasteiger partial charge in [-0.3, -0.25) is 0 Å². The third-order valence-corrected chi connectivity index (χ3v) is 11.1. The van der Waals surface area contributed by atoms with Crippen LogP contribution < -0.4 is 24.8 Å². The largest absolute Gasteiger partial charge is 3.00 e. The van der Waals surface area contributed by atoms with Crippen molar-refractivity contribution >= 4 is 20.9 Å². The molecule has 2 radical (unpaired) electrons. The Morgan fingerprint density at radius 3 is 2.11 bits per heavy atom. The summed E-state index contributed by atoms with van der Waals surface area (Å²) in [7, 11) is -0.406. The van der Waals surface area contributed by atoms with Crippen LogP contribution in [0.5, 0.6) is 0 Å². The van der Waals surface area contributed by atoms with Gasteiger partial charge in [0.15, 0.2) is 0 Å². The van der Waals surface area contributed by atoms with Crippen LogP contribution in [0.25, 0.3) is 12.2 Å². The molecule has 0 N–H and O–H groups in total. The molecule has 3 aliphatic rings. The Hall–Kier alpha value is -1.18. The van der Waals surface area contributed by atoms with E-state index < -0.39 is 8.80 Å². The summed E-state index contributed by atoms with van der Waals surface area (Å²) in [6.45, 7) is 0. The van der Waals surface area contributed by atoms with Crippen LogP contribution in [-0.4, -0.2) is 8.80 Å². The summed E-state index contributed by atoms with van der Waals surface area (Å²) < 4.78 is 0. The average molecular weight is 593 g/mol. The summed E-state index contributed by atoms with van der Waals surface area (Å²) in [5.41, 5.74) is 9.18. The van der Waals surface area contributed by atoms with E-state index in [0.29, 0.717) is 11.8 Å². The number of halogens is 2. The van der Waals surface area contributed by atoms with E-state index in [-0.39, 0.29) is 51.0 Å². The standard InChI is InChI=1S/C31H30Si.2ClH.Zr/c1-2-10-23(11-3-1)22-32-30(31(32)29-21-20-26-14-5-8-16-28(26)29)17-9-6-13-25-19-18-24-12-4-7-15-27(24)25;;;/h1-5,7-8,10-12,14-21,25,29-31H,6,9,13,22H2;2*1H;/q-1;;;+3/p-2. The number of unbranched alkanes of at least 4 members (excludes halogenated alkanes) is 1. The van der Waals surface area contributed by atoms with Crippen molar-refractivity contribution in [1.29, 1.82) is 0 Å². The van der Waals surface area contributed by atoms with Crippen molar-refractivity contribution in [3.05, 3.63) is 125 Å². The molecule has 3 aromatic rings. The molecule has 1 heterocycles. The predicted octanol–water partition coefficient (Wildman–Crippen LogP) is 2.02. The Labute approximate surface area is 243 Å². The summed E-state index contributed by atoms with van der Waals surface area (Å²) in [5, 5.41) is 0. The van der Waals surface area contributed by atoms with Crippen molar-refractivity contribution in [2.75, 3.05) is 0 Å². The molecule has 176 valence electrons. The molecule has 6 rings (SSSR count). The van der Waals surface area contributed by atoms with Crippen LogP contribution in [0.3, 0.4) is 0 Å². The van der Waals surface area contributed by atoms with Gasteiger partial charge >= 0.3 is 26.2 Å². The van der Waals surface area contributed by atoms with Gasteiger partial charge in [-0.15, -0.1) is 0 Å². The number of allylic oxidation sites excluding steroid dienone is 2. The molecule has 0 amide bonds. The summed E-state index contributed by atoms with van der Waals surface area (Å²) >= 11 is 0. The minimum absolute atomic E-state index is 0. The molecular weight excluding hydrogens is 563 g/mol. The second-order valence-corrected chi connectivity index (χ2v) is 12.4. The normalized spacial score (nSPS) is 23.0. The van der Waals surface area contributed by atoms with E-state index in [2.05, 4.69) is 110 Å². The molecule has 0 nitrogen and oxygen atoms in total. The van der Waals surface area contributed by atoms with Crippen LogP contribution in [0.2, 0.25) is 11.1 Å². The van der Waals surface area contributed by atoms with Crippen LogP contribution in [0.1, 0.15) is 58.9 Å². The molecule has 35 heavy (non-hydrogen) atoms. The Kier molecular flexibility index (Phi) is 10.4. The summed E-state index contributed by atoms with van der Waals surface area (Å²) in [5.74, 6) is 1.25. The Morgan fingerprint density at radius 2 is 1.34 bits per heavy atom. The second-order valence-electron chi connectivity index (χ2n) is 9.56. The van der Waals surface area contributed by atoms with Crippen molar-refractivity contribution < 1.29 is 51.0 Å². The molecular formula is C31H30Cl2SiZr. The van der Waals surface area contributed by atoms with Crippen molar-refractivity contribution in [1.82, 2.24) is 0 Å². The molecule has 4 atom stereocenters. The minimum Gasteiger partial charge on any atom is -1.00 e. The van der Waals surface area contributed by atoms with Gasteiger partial charge in [-0.25, -0.2) is 0 Å². The molecule has 1 fully saturated rings. The number of hydrogen-bond donors (Lipinski definition) is 0. The van der Waals surface area contributed by atoms with Gasteiger partial charge in [0.05, 0.1) is 0 Å². The molecule has 0 saturated carbocycles. The van der Waals surface area contributed by atoms with Crippen molar-refractivity contribution in [3.8, 4) is 0 Å². The van der Waals surface area contributed by atoms with Gasteiger partial charge in [-0.05, 0) is 34.7 Å². The molecule has 1 aliphatic heterocycles. The van der Waals surface area contributed by atoms with Crippen LogP contribution >= 0.6 is 0 Å². The van der Waals surface area contributed by atoms with Crippen LogP contribution in [0, 0.1) is 6.42 Å². The van der Waals surface area contributed by atoms with Gasteiger partial charge in [-0.2, -0.15) is 12.0 Å². The zero-order chi connectivity index (χ0) is 21.3. The quantitative estimate of drug-likeness (QED) is 0.214. The molecule has 0 spiro atoms. The predicted molar refractivity (Wildman–Crippen MR) is 138 cm³/mol. The molecule has 4 unspecified atom stereocenters. The van der Waals surface area contributed by atoms with Crippen LogP contribution in [0.15, 0.2) is 91.0 Å². The van der Waals surface area contributed by atoms with E-state index in [1.807, 2.05) is 0 Å². The van der Waals surface area contributed by atoms with Crippen LogP contribution in [0.4, 0.5) is 0 Å². The number of rotatable bonds is 8. The van der Waals surface area contributed by atoms with E-state index in [1.165, 1.54) is 47.6 Å². The smallest absolute Gasteiger partial charge is 1.00 e. The third kappa shape index (κ3) is 6.04. The number of fused-ring (bicyclic) bond motifs is 2. The first-order valence-electron chi connectivity index (χ1n) is 12.2. The second kappa shape index (κ2) is 12.9. The molecule has 0 aromatic heterocycles. The number of hydrogen-bond acceptors (Lipinski definition) is 0. The van der Waals surface area contributed by atoms with Gasteiger partial charge < -0.3 is 31.2 Å². The van der Waals surface area contributed by atoms with Crippen molar-refractivity contribution in [3.63, 3.8) is 0 Å². The molecule has 0 bridgehead atoms. The molecule has 3 aromatic carbocycles. The Balaban J connectivity index is 0.00000114. The zero-order valence-corrected chi connectivity index (χ0v) is 24.8. The van der Waals surface area contributed by atoms with E-state index in [0.717, 1.165) is 11.1 Å². The minimum atomic E-state index is -0.406. The first-order valence-corrected chi connectivity index (χ1v) is 14.0. The van der Waals surface area contributed by atoms with E-state index >= 15 is 0 Å². The SMILES string of the molecule is C1=CC(CCC[CH-]C2C(C3C=Cc4ccccc43)[Si]2Cc2ccccc2)c2ccccc21.[Cl-].[Cl-].[Zr+3]. The van der Waals surface area contributed by atoms with E-state index in [9.17, 15) is 0 Å². The molecule has 4 heteroatoms. The fourth-order valence-electron chi connectivity index (χ4n) is 5.98. The maximum atomic E-state index is 2.72. The monoisotopic (exact) mass is 590 g/mol. The van der Waals surface area contributed by atoms with Gasteiger partial charge in [0.2, 0.25) is 0 Å². The fraction of sp³-hybridized carbons (Fsp3) is 0.258. The summed E-state index contributed by atoms with van der Waals surface area (Å²) in [4.78, 5) is 0. The Morgan fingerprint density at radius 1 is 0.714 bits per heavy atom. The summed E-state index contributed by atoms with van der Waals surface area (Å²) in [6, 6.07) is 30.4. The number of benzene rings is 3. The molecule has 2 aliphatic carbocycles. The Bertz CT molecular complexity index is 1160. The fourth-order valence-corrected chi connectivity index (χ4v) is 9.80. The average Bonchev–Trinajstić information content (AvgIpc) is 3.17. The molecule has 1 saturated heterocycles. The van der Waals surface area contributed by atoms with Gasteiger partial charge in [-0.1, -0.05) is 121 Å². The van der Waals surface area contributed by atoms with Crippen molar-refractivity contribution in [2.24, 2.45) is 0 Å². The topological polar surface area (TPSA) is 0 Å². The zero-order valence-electron chi connectivity index (χ0n) is 19.8. The maximum Gasteiger partial charge on any atom is 3.00 e. The van der Waals surface area contributed by atoms with E-state index in [4.69, 9.17) is 0 Å². The van der Waals surface area contributed by atoms with Gasteiger partial charge in [0, 0.05) is 20.6 Å². The third-order valence-electron chi connectivity index (χ3n) is 7.65.